The van der Waals surface area contributed by atoms with Crippen molar-refractivity contribution in [2.45, 2.75) is 63.8 Å². The van der Waals surface area contributed by atoms with Crippen molar-refractivity contribution in [1.29, 1.82) is 0 Å². The number of hydrogen-bond acceptors (Lipinski definition) is 2. The second-order valence-electron chi connectivity index (χ2n) is 5.92. The van der Waals surface area contributed by atoms with Crippen LogP contribution in [0.15, 0.2) is 0 Å². The highest BCUT2D eigenvalue weighted by molar-refractivity contribution is 8.00. The second kappa shape index (κ2) is 4.29. The number of rotatable bonds is 2. The van der Waals surface area contributed by atoms with E-state index in [1.807, 2.05) is 0 Å². The zero-order valence-electron chi connectivity index (χ0n) is 10.6. The average Bonchev–Trinajstić information content (AvgIpc) is 2.74. The first-order chi connectivity index (χ1) is 7.04. The van der Waals surface area contributed by atoms with E-state index in [9.17, 15) is 0 Å². The summed E-state index contributed by atoms with van der Waals surface area (Å²) in [6, 6.07) is 1.55. The van der Waals surface area contributed by atoms with E-state index in [-0.39, 0.29) is 0 Å². The first-order valence-corrected chi connectivity index (χ1v) is 7.42. The molecule has 0 N–H and O–H groups in total. The Balaban J connectivity index is 2.11. The minimum atomic E-state index is 0.638. The maximum absolute atomic E-state index is 2.75. The molecule has 0 aliphatic carbocycles. The van der Waals surface area contributed by atoms with Crippen molar-refractivity contribution in [3.05, 3.63) is 0 Å². The maximum atomic E-state index is 2.75. The molecule has 15 heavy (non-hydrogen) atoms. The van der Waals surface area contributed by atoms with Crippen molar-refractivity contribution >= 4 is 11.8 Å². The monoisotopic (exact) mass is 227 g/mol. The lowest BCUT2D eigenvalue weighted by molar-refractivity contribution is 0.165. The molecule has 2 heteroatoms. The quantitative estimate of drug-likeness (QED) is 0.711. The molecule has 0 radical (unpaired) electrons. The molecule has 2 saturated heterocycles. The van der Waals surface area contributed by atoms with Gasteiger partial charge in [-0.3, -0.25) is 4.90 Å². The third kappa shape index (κ3) is 2.21. The Morgan fingerprint density at radius 2 is 2.00 bits per heavy atom. The molecule has 0 aromatic rings. The van der Waals surface area contributed by atoms with Crippen LogP contribution < -0.4 is 0 Å². The molecule has 88 valence electrons. The summed E-state index contributed by atoms with van der Waals surface area (Å²) in [7, 11) is 0. The zero-order chi connectivity index (χ0) is 11.1. The van der Waals surface area contributed by atoms with Gasteiger partial charge in [0.25, 0.3) is 0 Å². The summed E-state index contributed by atoms with van der Waals surface area (Å²) in [4.78, 5) is 2.75. The van der Waals surface area contributed by atoms with Gasteiger partial charge >= 0.3 is 0 Å². The van der Waals surface area contributed by atoms with Crippen LogP contribution in [-0.4, -0.2) is 34.0 Å². The Hall–Kier alpha value is 0.310. The molecule has 0 aromatic carbocycles. The van der Waals surface area contributed by atoms with E-state index in [0.717, 1.165) is 18.0 Å². The van der Waals surface area contributed by atoms with Gasteiger partial charge < -0.3 is 0 Å². The molecule has 2 unspecified atom stereocenters. The number of hydrogen-bond donors (Lipinski definition) is 0. The highest BCUT2D eigenvalue weighted by Gasteiger charge is 2.47. The van der Waals surface area contributed by atoms with Crippen LogP contribution in [0, 0.1) is 5.92 Å². The third-order valence-electron chi connectivity index (χ3n) is 4.10. The van der Waals surface area contributed by atoms with Crippen molar-refractivity contribution in [1.82, 2.24) is 4.90 Å². The SMILES string of the molecule is CC(C)C1CC2(CCCS2)CN1C(C)C. The van der Waals surface area contributed by atoms with E-state index in [2.05, 4.69) is 44.4 Å². The van der Waals surface area contributed by atoms with Crippen LogP contribution in [0.3, 0.4) is 0 Å². The van der Waals surface area contributed by atoms with Gasteiger partial charge in [-0.15, -0.1) is 0 Å². The summed E-state index contributed by atoms with van der Waals surface area (Å²) in [5.41, 5.74) is 0. The van der Waals surface area contributed by atoms with Crippen LogP contribution in [0.4, 0.5) is 0 Å². The highest BCUT2D eigenvalue weighted by atomic mass is 32.2. The predicted octanol–water partition coefficient (Wildman–Crippen LogP) is 3.39. The lowest BCUT2D eigenvalue weighted by Crippen LogP contribution is -2.39. The van der Waals surface area contributed by atoms with Gasteiger partial charge in [-0.05, 0) is 44.8 Å². The molecule has 2 fully saturated rings. The van der Waals surface area contributed by atoms with E-state index < -0.39 is 0 Å². The second-order valence-corrected chi connectivity index (χ2v) is 7.48. The molecule has 0 aromatic heterocycles. The lowest BCUT2D eigenvalue weighted by atomic mass is 9.94. The molecule has 1 nitrogen and oxygen atoms in total. The Bertz CT molecular complexity index is 201. The maximum Gasteiger partial charge on any atom is 0.0302 e. The van der Waals surface area contributed by atoms with Gasteiger partial charge in [-0.1, -0.05) is 13.8 Å². The van der Waals surface area contributed by atoms with Gasteiger partial charge in [0, 0.05) is 23.4 Å². The van der Waals surface area contributed by atoms with E-state index in [1.165, 1.54) is 31.6 Å². The first kappa shape index (κ1) is 11.8. The van der Waals surface area contributed by atoms with Crippen molar-refractivity contribution in [3.8, 4) is 0 Å². The number of nitrogens with zero attached hydrogens (tertiary/aromatic N) is 1. The van der Waals surface area contributed by atoms with Crippen LogP contribution in [-0.2, 0) is 0 Å². The summed E-state index contributed by atoms with van der Waals surface area (Å²) in [6.07, 6.45) is 4.35. The summed E-state index contributed by atoms with van der Waals surface area (Å²) < 4.78 is 0.638. The van der Waals surface area contributed by atoms with Crippen LogP contribution in [0.25, 0.3) is 0 Å². The van der Waals surface area contributed by atoms with Gasteiger partial charge in [-0.2, -0.15) is 11.8 Å². The Morgan fingerprint density at radius 1 is 1.27 bits per heavy atom. The van der Waals surface area contributed by atoms with Gasteiger partial charge in [0.1, 0.15) is 0 Å². The summed E-state index contributed by atoms with van der Waals surface area (Å²) in [5.74, 6) is 2.21. The fraction of sp³-hybridized carbons (Fsp3) is 1.00. The molecular formula is C13H25NS. The van der Waals surface area contributed by atoms with Gasteiger partial charge in [0.15, 0.2) is 0 Å². The Labute approximate surface area is 99.0 Å². The van der Waals surface area contributed by atoms with E-state index in [1.54, 1.807) is 0 Å². The van der Waals surface area contributed by atoms with E-state index in [0.29, 0.717) is 4.75 Å². The molecule has 2 heterocycles. The molecule has 2 aliphatic heterocycles. The third-order valence-corrected chi connectivity index (χ3v) is 5.70. The van der Waals surface area contributed by atoms with Crippen LogP contribution in [0.5, 0.6) is 0 Å². The van der Waals surface area contributed by atoms with Crippen LogP contribution in [0.1, 0.15) is 47.0 Å². The number of likely N-dealkylation sites (tertiary alicyclic amines) is 1. The van der Waals surface area contributed by atoms with Gasteiger partial charge in [-0.25, -0.2) is 0 Å². The first-order valence-electron chi connectivity index (χ1n) is 6.44. The molecule has 2 atom stereocenters. The molecule has 1 spiro atoms. The largest absolute Gasteiger partial charge is 0.296 e. The molecule has 2 aliphatic rings. The van der Waals surface area contributed by atoms with Gasteiger partial charge in [0.2, 0.25) is 0 Å². The molecular weight excluding hydrogens is 202 g/mol. The topological polar surface area (TPSA) is 3.24 Å². The predicted molar refractivity (Wildman–Crippen MR) is 69.5 cm³/mol. The van der Waals surface area contributed by atoms with Gasteiger partial charge in [0.05, 0.1) is 0 Å². The zero-order valence-corrected chi connectivity index (χ0v) is 11.4. The molecule has 0 saturated carbocycles. The van der Waals surface area contributed by atoms with Crippen molar-refractivity contribution in [2.75, 3.05) is 12.3 Å². The fourth-order valence-electron chi connectivity index (χ4n) is 3.24. The van der Waals surface area contributed by atoms with Crippen LogP contribution in [0.2, 0.25) is 0 Å². The van der Waals surface area contributed by atoms with E-state index >= 15 is 0 Å². The van der Waals surface area contributed by atoms with Crippen molar-refractivity contribution in [2.24, 2.45) is 5.92 Å². The normalized spacial score (nSPS) is 37.6. The fourth-order valence-corrected chi connectivity index (χ4v) is 4.78. The smallest absolute Gasteiger partial charge is 0.0302 e. The standard InChI is InChI=1S/C13H25NS/c1-10(2)12-8-13(6-5-7-15-13)9-14(12)11(3)4/h10-12H,5-9H2,1-4H3. The minimum absolute atomic E-state index is 0.638. The molecule has 2 rings (SSSR count). The summed E-state index contributed by atoms with van der Waals surface area (Å²) in [6.45, 7) is 10.8. The Morgan fingerprint density at radius 3 is 2.40 bits per heavy atom. The van der Waals surface area contributed by atoms with Crippen molar-refractivity contribution in [3.63, 3.8) is 0 Å². The molecule has 0 amide bonds. The summed E-state index contributed by atoms with van der Waals surface area (Å²) in [5, 5.41) is 0. The molecule has 0 bridgehead atoms. The highest BCUT2D eigenvalue weighted by Crippen LogP contribution is 2.48. The Kier molecular flexibility index (Phi) is 3.37. The van der Waals surface area contributed by atoms with Crippen molar-refractivity contribution < 1.29 is 0 Å². The van der Waals surface area contributed by atoms with Crippen LogP contribution >= 0.6 is 11.8 Å². The lowest BCUT2D eigenvalue weighted by Gasteiger charge is -2.30. The van der Waals surface area contributed by atoms with E-state index in [4.69, 9.17) is 0 Å². The minimum Gasteiger partial charge on any atom is -0.296 e. The average molecular weight is 227 g/mol. The number of thioether (sulfide) groups is 1. The summed E-state index contributed by atoms with van der Waals surface area (Å²) >= 11 is 2.25.